The molecule has 6 heteroatoms. The van der Waals surface area contributed by atoms with Crippen molar-refractivity contribution in [2.45, 2.75) is 19.5 Å². The molecule has 0 unspecified atom stereocenters. The Hall–Kier alpha value is -2.70. The van der Waals surface area contributed by atoms with Gasteiger partial charge in [-0.15, -0.1) is 0 Å². The highest BCUT2D eigenvalue weighted by Crippen LogP contribution is 2.33. The first-order chi connectivity index (χ1) is 15.6. The van der Waals surface area contributed by atoms with Crippen LogP contribution in [0.2, 0.25) is 0 Å². The number of hydrogen-bond acceptors (Lipinski definition) is 5. The van der Waals surface area contributed by atoms with Gasteiger partial charge >= 0.3 is 0 Å². The van der Waals surface area contributed by atoms with Gasteiger partial charge in [-0.1, -0.05) is 36.4 Å². The van der Waals surface area contributed by atoms with Gasteiger partial charge in [0.1, 0.15) is 23.0 Å². The molecule has 3 aromatic carbocycles. The van der Waals surface area contributed by atoms with Gasteiger partial charge < -0.3 is 18.9 Å². The summed E-state index contributed by atoms with van der Waals surface area (Å²) < 4.78 is 23.2. The Balaban J connectivity index is 1.87. The molecule has 0 aliphatic rings. The van der Waals surface area contributed by atoms with Gasteiger partial charge in [-0.25, -0.2) is 0 Å². The molecule has 0 aliphatic carbocycles. The average Bonchev–Trinajstić information content (AvgIpc) is 2.83. The van der Waals surface area contributed by atoms with E-state index in [1.807, 2.05) is 48.5 Å². The van der Waals surface area contributed by atoms with E-state index >= 15 is 0 Å². The highest BCUT2D eigenvalue weighted by Gasteiger charge is 2.16. The van der Waals surface area contributed by atoms with Gasteiger partial charge in [0, 0.05) is 30.8 Å². The van der Waals surface area contributed by atoms with E-state index in [1.165, 1.54) is 0 Å². The van der Waals surface area contributed by atoms with Crippen LogP contribution < -0.4 is 18.9 Å². The fourth-order valence-electron chi connectivity index (χ4n) is 3.76. The molecule has 0 aliphatic heterocycles. The van der Waals surface area contributed by atoms with Crippen LogP contribution in [0.5, 0.6) is 23.0 Å². The molecule has 0 fully saturated rings. The molecule has 0 atom stereocenters. The summed E-state index contributed by atoms with van der Waals surface area (Å²) in [6.45, 7) is 2.31. The highest BCUT2D eigenvalue weighted by molar-refractivity contribution is 9.10. The Labute approximate surface area is 199 Å². The topological polar surface area (TPSA) is 40.2 Å². The van der Waals surface area contributed by atoms with Crippen molar-refractivity contribution < 1.29 is 18.9 Å². The lowest BCUT2D eigenvalue weighted by molar-refractivity contribution is 0.250. The van der Waals surface area contributed by atoms with Gasteiger partial charge in [0.2, 0.25) is 0 Å². The molecule has 3 aromatic rings. The van der Waals surface area contributed by atoms with Crippen molar-refractivity contribution in [3.8, 4) is 23.0 Å². The molecule has 0 saturated heterocycles. The number of hydrogen-bond donors (Lipinski definition) is 0. The Kier molecular flexibility index (Phi) is 8.82. The summed E-state index contributed by atoms with van der Waals surface area (Å²) in [5, 5.41) is 0. The Morgan fingerprint density at radius 1 is 0.625 bits per heavy atom. The summed E-state index contributed by atoms with van der Waals surface area (Å²) >= 11 is 3.54. The van der Waals surface area contributed by atoms with E-state index in [2.05, 4.69) is 33.0 Å². The van der Waals surface area contributed by atoms with Crippen LogP contribution in [0.1, 0.15) is 16.7 Å². The van der Waals surface area contributed by atoms with E-state index in [4.69, 9.17) is 18.9 Å². The van der Waals surface area contributed by atoms with E-state index in [0.717, 1.165) is 70.2 Å². The van der Waals surface area contributed by atoms with Crippen molar-refractivity contribution in [3.63, 3.8) is 0 Å². The minimum atomic E-state index is 0.748. The molecule has 3 rings (SSSR count). The quantitative estimate of drug-likeness (QED) is 0.337. The van der Waals surface area contributed by atoms with E-state index in [-0.39, 0.29) is 0 Å². The molecular formula is C26H30BrNO4. The van der Waals surface area contributed by atoms with Gasteiger partial charge in [-0.3, -0.25) is 4.90 Å². The van der Waals surface area contributed by atoms with Gasteiger partial charge in [-0.05, 0) is 52.2 Å². The maximum atomic E-state index is 5.62. The molecule has 0 aromatic heterocycles. The zero-order valence-electron chi connectivity index (χ0n) is 19.1. The van der Waals surface area contributed by atoms with Crippen LogP contribution in [-0.2, 0) is 19.5 Å². The Morgan fingerprint density at radius 2 is 1.12 bits per heavy atom. The molecule has 0 saturated carbocycles. The minimum absolute atomic E-state index is 0.748. The second-order valence-electron chi connectivity index (χ2n) is 7.38. The van der Waals surface area contributed by atoms with Crippen molar-refractivity contribution in [1.29, 1.82) is 0 Å². The van der Waals surface area contributed by atoms with Crippen LogP contribution in [0.25, 0.3) is 0 Å². The summed E-state index contributed by atoms with van der Waals surface area (Å²) in [5.74, 6) is 3.41. The average molecular weight is 500 g/mol. The molecule has 0 heterocycles. The number of nitrogens with zero attached hydrogens (tertiary/aromatic N) is 1. The maximum absolute atomic E-state index is 5.62. The third-order valence-electron chi connectivity index (χ3n) is 5.43. The van der Waals surface area contributed by atoms with E-state index in [1.54, 1.807) is 28.4 Å². The van der Waals surface area contributed by atoms with E-state index in [0.29, 0.717) is 0 Å². The number of halogens is 1. The Bertz CT molecular complexity index is 975. The largest absolute Gasteiger partial charge is 0.496 e. The highest BCUT2D eigenvalue weighted by atomic mass is 79.9. The number of benzene rings is 3. The summed E-state index contributed by atoms with van der Waals surface area (Å²) in [6, 6.07) is 20.3. The lowest BCUT2D eigenvalue weighted by atomic mass is 10.1. The van der Waals surface area contributed by atoms with Crippen LogP contribution in [0.3, 0.4) is 0 Å². The molecule has 32 heavy (non-hydrogen) atoms. The number of rotatable bonds is 11. The number of methoxy groups -OCH3 is 4. The second kappa shape index (κ2) is 11.8. The monoisotopic (exact) mass is 499 g/mol. The first-order valence-corrected chi connectivity index (χ1v) is 11.3. The first kappa shape index (κ1) is 24.0. The summed E-state index contributed by atoms with van der Waals surface area (Å²) in [6.07, 6.45) is 0.803. The van der Waals surface area contributed by atoms with Crippen LogP contribution in [0.15, 0.2) is 65.1 Å². The fraction of sp³-hybridized carbons (Fsp3) is 0.308. The molecule has 0 bridgehead atoms. The predicted octanol–water partition coefficient (Wildman–Crippen LogP) is 5.73. The molecule has 0 spiro atoms. The van der Waals surface area contributed by atoms with Crippen molar-refractivity contribution in [3.05, 3.63) is 81.8 Å². The van der Waals surface area contributed by atoms with Crippen molar-refractivity contribution in [1.82, 2.24) is 4.90 Å². The molecule has 170 valence electrons. The lowest BCUT2D eigenvalue weighted by Crippen LogP contribution is -2.26. The number of para-hydroxylation sites is 2. The standard InChI is InChI=1S/C26H30BrNO4/c1-29-23-11-7-5-9-20(23)17-28(18-21-10-6-8-12-24(21)30-2)14-13-19-15-26(32-4)22(27)16-25(19)31-3/h5-12,15-16H,13-14,17-18H2,1-4H3. The van der Waals surface area contributed by atoms with Crippen molar-refractivity contribution >= 4 is 15.9 Å². The number of ether oxygens (including phenoxy) is 4. The van der Waals surface area contributed by atoms with E-state index in [9.17, 15) is 0 Å². The zero-order valence-corrected chi connectivity index (χ0v) is 20.6. The Morgan fingerprint density at radius 3 is 1.62 bits per heavy atom. The van der Waals surface area contributed by atoms with Gasteiger partial charge in [0.05, 0.1) is 32.9 Å². The third-order valence-corrected chi connectivity index (χ3v) is 6.04. The second-order valence-corrected chi connectivity index (χ2v) is 8.24. The van der Waals surface area contributed by atoms with Gasteiger partial charge in [-0.2, -0.15) is 0 Å². The van der Waals surface area contributed by atoms with Gasteiger partial charge in [0.25, 0.3) is 0 Å². The van der Waals surface area contributed by atoms with Crippen LogP contribution in [0, 0.1) is 0 Å². The zero-order chi connectivity index (χ0) is 22.9. The normalized spacial score (nSPS) is 10.8. The SMILES string of the molecule is COc1cc(CCN(Cc2ccccc2OC)Cc2ccccc2OC)c(OC)cc1Br. The van der Waals surface area contributed by atoms with E-state index < -0.39 is 0 Å². The first-order valence-electron chi connectivity index (χ1n) is 10.5. The molecule has 0 amide bonds. The van der Waals surface area contributed by atoms with Crippen LogP contribution in [-0.4, -0.2) is 39.9 Å². The smallest absolute Gasteiger partial charge is 0.133 e. The van der Waals surface area contributed by atoms with Crippen molar-refractivity contribution in [2.75, 3.05) is 35.0 Å². The lowest BCUT2D eigenvalue weighted by Gasteiger charge is -2.25. The third kappa shape index (κ3) is 5.96. The minimum Gasteiger partial charge on any atom is -0.496 e. The van der Waals surface area contributed by atoms with Gasteiger partial charge in [0.15, 0.2) is 0 Å². The summed E-state index contributed by atoms with van der Waals surface area (Å²) in [7, 11) is 6.79. The predicted molar refractivity (Wildman–Crippen MR) is 131 cm³/mol. The maximum Gasteiger partial charge on any atom is 0.133 e. The van der Waals surface area contributed by atoms with Crippen LogP contribution in [0.4, 0.5) is 0 Å². The fourth-order valence-corrected chi connectivity index (χ4v) is 4.24. The van der Waals surface area contributed by atoms with Crippen molar-refractivity contribution in [2.24, 2.45) is 0 Å². The molecule has 5 nitrogen and oxygen atoms in total. The summed E-state index contributed by atoms with van der Waals surface area (Å²) in [4.78, 5) is 2.39. The van der Waals surface area contributed by atoms with Crippen LogP contribution >= 0.6 is 15.9 Å². The molecule has 0 N–H and O–H groups in total. The molecule has 0 radical (unpaired) electrons. The summed E-state index contributed by atoms with van der Waals surface area (Å²) in [5.41, 5.74) is 3.38. The molecular weight excluding hydrogens is 470 g/mol.